The summed E-state index contributed by atoms with van der Waals surface area (Å²) >= 11 is 0. The third kappa shape index (κ3) is 20.0. The third-order valence-electron chi connectivity index (χ3n) is 6.22. The van der Waals surface area contributed by atoms with E-state index in [0.717, 1.165) is 38.5 Å². The molecule has 0 saturated heterocycles. The number of hydroxylamine groups is 1. The predicted molar refractivity (Wildman–Crippen MR) is 135 cm³/mol. The molecule has 2 N–H and O–H groups in total. The topological polar surface area (TPSA) is 67.8 Å². The van der Waals surface area contributed by atoms with E-state index < -0.39 is 5.60 Å². The van der Waals surface area contributed by atoms with Crippen molar-refractivity contribution >= 4 is 5.97 Å². The average Bonchev–Trinajstić information content (AvgIpc) is 2.75. The second-order valence-electron chi connectivity index (χ2n) is 10.0. The van der Waals surface area contributed by atoms with Gasteiger partial charge in [-0.1, -0.05) is 84.5 Å². The lowest BCUT2D eigenvalue weighted by atomic mass is 9.99. The predicted octanol–water partition coefficient (Wildman–Crippen LogP) is 7.25. The van der Waals surface area contributed by atoms with Crippen LogP contribution < -0.4 is 5.48 Å². The Bertz CT molecular complexity index is 430. The summed E-state index contributed by atoms with van der Waals surface area (Å²) in [7, 11) is 0. The minimum atomic E-state index is -0.446. The van der Waals surface area contributed by atoms with Gasteiger partial charge in [-0.2, -0.15) is 0 Å². The highest BCUT2D eigenvalue weighted by atomic mass is 16.6. The van der Waals surface area contributed by atoms with Gasteiger partial charge in [-0.3, -0.25) is 4.79 Å². The highest BCUT2D eigenvalue weighted by Crippen LogP contribution is 2.21. The van der Waals surface area contributed by atoms with Crippen LogP contribution in [0.2, 0.25) is 0 Å². The van der Waals surface area contributed by atoms with Crippen molar-refractivity contribution in [1.82, 2.24) is 5.48 Å². The lowest BCUT2D eigenvalue weighted by Crippen LogP contribution is -2.34. The van der Waals surface area contributed by atoms with E-state index in [1.54, 1.807) is 0 Å². The first-order chi connectivity index (χ1) is 15.3. The SMILES string of the molecule is CCCCCCC(O)CCCCCCCCCCC(=O)OC(C)(CC)CCONC(C)C. The van der Waals surface area contributed by atoms with Gasteiger partial charge in [-0.15, -0.1) is 0 Å². The van der Waals surface area contributed by atoms with Gasteiger partial charge in [0.05, 0.1) is 12.7 Å². The maximum atomic E-state index is 12.2. The van der Waals surface area contributed by atoms with E-state index in [1.165, 1.54) is 57.8 Å². The van der Waals surface area contributed by atoms with Crippen LogP contribution in [0.1, 0.15) is 144 Å². The average molecular weight is 458 g/mol. The summed E-state index contributed by atoms with van der Waals surface area (Å²) < 4.78 is 5.75. The van der Waals surface area contributed by atoms with Gasteiger partial charge >= 0.3 is 5.97 Å². The molecule has 2 unspecified atom stereocenters. The molecular weight excluding hydrogens is 402 g/mol. The van der Waals surface area contributed by atoms with E-state index in [1.807, 2.05) is 20.8 Å². The van der Waals surface area contributed by atoms with Gasteiger partial charge in [0.2, 0.25) is 0 Å². The fraction of sp³-hybridized carbons (Fsp3) is 0.963. The van der Waals surface area contributed by atoms with Crippen LogP contribution in [0.4, 0.5) is 0 Å². The minimum Gasteiger partial charge on any atom is -0.459 e. The number of nitrogens with one attached hydrogen (secondary N) is 1. The van der Waals surface area contributed by atoms with E-state index in [-0.39, 0.29) is 18.1 Å². The molecule has 0 fully saturated rings. The van der Waals surface area contributed by atoms with Crippen LogP contribution in [-0.4, -0.2) is 35.4 Å². The van der Waals surface area contributed by atoms with Crippen LogP contribution >= 0.6 is 0 Å². The number of hydrogen-bond acceptors (Lipinski definition) is 5. The van der Waals surface area contributed by atoms with Crippen molar-refractivity contribution < 1.29 is 19.5 Å². The highest BCUT2D eigenvalue weighted by Gasteiger charge is 2.26. The van der Waals surface area contributed by atoms with Gasteiger partial charge in [0.15, 0.2) is 0 Å². The molecule has 0 amide bonds. The molecule has 0 radical (unpaired) electrons. The summed E-state index contributed by atoms with van der Waals surface area (Å²) in [6, 6.07) is 0.281. The molecule has 0 aromatic rings. The van der Waals surface area contributed by atoms with E-state index in [0.29, 0.717) is 19.4 Å². The van der Waals surface area contributed by atoms with Gasteiger partial charge in [-0.25, -0.2) is 5.48 Å². The van der Waals surface area contributed by atoms with Crippen molar-refractivity contribution in [1.29, 1.82) is 0 Å². The molecule has 0 aromatic heterocycles. The molecule has 0 bridgehead atoms. The molecular formula is C27H55NO4. The Morgan fingerprint density at radius 2 is 1.41 bits per heavy atom. The smallest absolute Gasteiger partial charge is 0.306 e. The summed E-state index contributed by atoms with van der Waals surface area (Å²) in [4.78, 5) is 17.6. The first-order valence-electron chi connectivity index (χ1n) is 13.6. The summed E-state index contributed by atoms with van der Waals surface area (Å²) in [5.74, 6) is -0.0839. The van der Waals surface area contributed by atoms with E-state index >= 15 is 0 Å². The Kier molecular flexibility index (Phi) is 20.5. The fourth-order valence-corrected chi connectivity index (χ4v) is 3.78. The summed E-state index contributed by atoms with van der Waals surface area (Å²) in [5, 5.41) is 10.0. The molecule has 0 aliphatic carbocycles. The molecule has 0 aromatic carbocycles. The zero-order valence-corrected chi connectivity index (χ0v) is 22.1. The number of rotatable bonds is 23. The molecule has 0 rings (SSSR count). The second kappa shape index (κ2) is 20.9. The molecule has 192 valence electrons. The quantitative estimate of drug-likeness (QED) is 0.0960. The Labute approximate surface area is 199 Å². The van der Waals surface area contributed by atoms with Crippen LogP contribution in [0, 0.1) is 0 Å². The van der Waals surface area contributed by atoms with Crippen LogP contribution in [0.5, 0.6) is 0 Å². The number of aliphatic hydroxyl groups excluding tert-OH is 1. The summed E-state index contributed by atoms with van der Waals surface area (Å²) in [6.45, 7) is 10.9. The van der Waals surface area contributed by atoms with Crippen molar-refractivity contribution in [2.75, 3.05) is 6.61 Å². The first kappa shape index (κ1) is 31.4. The van der Waals surface area contributed by atoms with Crippen LogP contribution in [0.15, 0.2) is 0 Å². The van der Waals surface area contributed by atoms with Crippen molar-refractivity contribution in [3.8, 4) is 0 Å². The monoisotopic (exact) mass is 457 g/mol. The Hall–Kier alpha value is -0.650. The van der Waals surface area contributed by atoms with Gasteiger partial charge in [0.1, 0.15) is 5.60 Å². The first-order valence-corrected chi connectivity index (χ1v) is 13.6. The number of carbonyl (C=O) groups is 1. The minimum absolute atomic E-state index is 0.0839. The highest BCUT2D eigenvalue weighted by molar-refractivity contribution is 5.69. The largest absolute Gasteiger partial charge is 0.459 e. The molecule has 5 heteroatoms. The van der Waals surface area contributed by atoms with Crippen LogP contribution in [0.3, 0.4) is 0 Å². The molecule has 0 spiro atoms. The Balaban J connectivity index is 3.59. The van der Waals surface area contributed by atoms with E-state index in [2.05, 4.69) is 19.3 Å². The molecule has 0 saturated carbocycles. The zero-order chi connectivity index (χ0) is 24.1. The van der Waals surface area contributed by atoms with Gasteiger partial charge in [0, 0.05) is 18.9 Å². The molecule has 0 aliphatic heterocycles. The molecule has 0 heterocycles. The normalized spacial score (nSPS) is 14.5. The second-order valence-corrected chi connectivity index (χ2v) is 10.0. The zero-order valence-electron chi connectivity index (χ0n) is 22.1. The van der Waals surface area contributed by atoms with Crippen molar-refractivity contribution in [2.24, 2.45) is 0 Å². The van der Waals surface area contributed by atoms with Gasteiger partial charge in [0.25, 0.3) is 0 Å². The van der Waals surface area contributed by atoms with Crippen molar-refractivity contribution in [3.05, 3.63) is 0 Å². The lowest BCUT2D eigenvalue weighted by molar-refractivity contribution is -0.161. The number of aliphatic hydroxyl groups is 1. The van der Waals surface area contributed by atoms with E-state index in [4.69, 9.17) is 9.57 Å². The summed E-state index contributed by atoms with van der Waals surface area (Å²) in [6.07, 6.45) is 18.1. The Morgan fingerprint density at radius 1 is 0.875 bits per heavy atom. The fourth-order valence-electron chi connectivity index (χ4n) is 3.78. The standard InChI is InChI=1S/C27H55NO4/c1-6-8-9-16-19-25(29)20-17-14-12-10-11-13-15-18-21-26(30)32-27(5,7-2)22-23-31-28-24(3)4/h24-25,28-29H,6-23H2,1-5H3. The number of carbonyl (C=O) groups excluding carboxylic acids is 1. The maximum absolute atomic E-state index is 12.2. The molecule has 0 aliphatic rings. The molecule has 32 heavy (non-hydrogen) atoms. The van der Waals surface area contributed by atoms with Gasteiger partial charge < -0.3 is 14.7 Å². The third-order valence-corrected chi connectivity index (χ3v) is 6.22. The van der Waals surface area contributed by atoms with Crippen molar-refractivity contribution in [2.45, 2.75) is 162 Å². The number of unbranched alkanes of at least 4 members (excludes halogenated alkanes) is 10. The van der Waals surface area contributed by atoms with E-state index in [9.17, 15) is 9.90 Å². The lowest BCUT2D eigenvalue weighted by Gasteiger charge is -2.28. The van der Waals surface area contributed by atoms with Crippen LogP contribution in [0.25, 0.3) is 0 Å². The molecule has 5 nitrogen and oxygen atoms in total. The van der Waals surface area contributed by atoms with Crippen LogP contribution in [-0.2, 0) is 14.4 Å². The van der Waals surface area contributed by atoms with Gasteiger partial charge in [-0.05, 0) is 46.5 Å². The number of esters is 1. The molecule has 2 atom stereocenters. The number of ether oxygens (including phenoxy) is 1. The summed E-state index contributed by atoms with van der Waals surface area (Å²) in [5.41, 5.74) is 2.48. The maximum Gasteiger partial charge on any atom is 0.306 e. The Morgan fingerprint density at radius 3 is 1.94 bits per heavy atom. The number of hydrogen-bond donors (Lipinski definition) is 2. The van der Waals surface area contributed by atoms with Crippen molar-refractivity contribution in [3.63, 3.8) is 0 Å².